The van der Waals surface area contributed by atoms with Gasteiger partial charge in [0.2, 0.25) is 0 Å². The average Bonchev–Trinajstić information content (AvgIpc) is 2.79. The molecule has 4 N–H and O–H groups in total. The highest BCUT2D eigenvalue weighted by Crippen LogP contribution is 2.41. The molecule has 0 atom stereocenters. The Morgan fingerprint density at radius 2 is 1.45 bits per heavy atom. The number of rotatable bonds is 8. The van der Waals surface area contributed by atoms with Crippen LogP contribution in [0, 0.1) is 0 Å². The van der Waals surface area contributed by atoms with Gasteiger partial charge in [-0.15, -0.1) is 0 Å². The molecule has 0 aliphatic carbocycles. The highest BCUT2D eigenvalue weighted by Gasteiger charge is 2.23. The van der Waals surface area contributed by atoms with Crippen molar-refractivity contribution >= 4 is 23.0 Å². The van der Waals surface area contributed by atoms with Gasteiger partial charge in [-0.25, -0.2) is 0 Å². The fraction of sp³-hybridized carbons (Fsp3) is 0.185. The van der Waals surface area contributed by atoms with E-state index in [2.05, 4.69) is 24.8 Å². The minimum absolute atomic E-state index is 0.114. The number of allylic oxidation sites excluding steroid dienone is 2. The number of benzene rings is 3. The Kier molecular flexibility index (Phi) is 7.03. The SMILES string of the molecule is C=C(CC(c1cc(OC)ccc1N)c1cc(OC)ccc1N)c1ccccc1/C=C\C. The van der Waals surface area contributed by atoms with Crippen LogP contribution in [-0.2, 0) is 0 Å². The van der Waals surface area contributed by atoms with Crippen LogP contribution in [0.15, 0.2) is 73.3 Å². The van der Waals surface area contributed by atoms with Gasteiger partial charge in [0.25, 0.3) is 0 Å². The van der Waals surface area contributed by atoms with Crippen LogP contribution in [0.1, 0.15) is 41.5 Å². The highest BCUT2D eigenvalue weighted by molar-refractivity contribution is 5.75. The van der Waals surface area contributed by atoms with Crippen molar-refractivity contribution in [1.82, 2.24) is 0 Å². The third kappa shape index (κ3) is 4.92. The molecule has 0 amide bonds. The van der Waals surface area contributed by atoms with Gasteiger partial charge in [-0.05, 0) is 77.6 Å². The number of hydrogen-bond donors (Lipinski definition) is 2. The smallest absolute Gasteiger partial charge is 0.119 e. The van der Waals surface area contributed by atoms with E-state index in [0.29, 0.717) is 17.8 Å². The molecule has 0 saturated heterocycles. The molecule has 31 heavy (non-hydrogen) atoms. The summed E-state index contributed by atoms with van der Waals surface area (Å²) in [5.74, 6) is 1.38. The van der Waals surface area contributed by atoms with Gasteiger partial charge in [-0.1, -0.05) is 43.0 Å². The first kappa shape index (κ1) is 22.0. The average molecular weight is 415 g/mol. The number of nitrogens with two attached hydrogens (primary N) is 2. The first-order valence-electron chi connectivity index (χ1n) is 10.2. The number of methoxy groups -OCH3 is 2. The molecule has 3 rings (SSSR count). The van der Waals surface area contributed by atoms with Gasteiger partial charge in [-0.3, -0.25) is 0 Å². The summed E-state index contributed by atoms with van der Waals surface area (Å²) in [7, 11) is 3.30. The quantitative estimate of drug-likeness (QED) is 0.435. The summed E-state index contributed by atoms with van der Waals surface area (Å²) in [6.45, 7) is 6.44. The van der Waals surface area contributed by atoms with E-state index in [1.165, 1.54) is 0 Å². The van der Waals surface area contributed by atoms with Gasteiger partial charge in [0.05, 0.1) is 14.2 Å². The molecule has 0 spiro atoms. The number of anilines is 2. The largest absolute Gasteiger partial charge is 0.497 e. The third-order valence-corrected chi connectivity index (χ3v) is 5.48. The van der Waals surface area contributed by atoms with Crippen molar-refractivity contribution in [3.63, 3.8) is 0 Å². The standard InChI is InChI=1S/C27H30N2O2/c1-5-8-19-9-6-7-10-22(19)18(2)15-23(24-16-20(30-3)11-13-26(24)28)25-17-21(31-4)12-14-27(25)29/h5-14,16-17,23H,2,15,28-29H2,1,3-4H3/b8-5-. The maximum atomic E-state index is 6.43. The van der Waals surface area contributed by atoms with Crippen molar-refractivity contribution < 1.29 is 9.47 Å². The maximum Gasteiger partial charge on any atom is 0.119 e. The van der Waals surface area contributed by atoms with E-state index in [4.69, 9.17) is 20.9 Å². The second-order valence-electron chi connectivity index (χ2n) is 7.44. The molecule has 4 heteroatoms. The van der Waals surface area contributed by atoms with Crippen LogP contribution in [0.5, 0.6) is 11.5 Å². The molecule has 4 nitrogen and oxygen atoms in total. The van der Waals surface area contributed by atoms with E-state index in [-0.39, 0.29) is 5.92 Å². The number of ether oxygens (including phenoxy) is 2. The maximum absolute atomic E-state index is 6.43. The Morgan fingerprint density at radius 1 is 0.903 bits per heavy atom. The van der Waals surface area contributed by atoms with Crippen molar-refractivity contribution in [1.29, 1.82) is 0 Å². The van der Waals surface area contributed by atoms with Gasteiger partial charge in [0, 0.05) is 17.3 Å². The Hall–Kier alpha value is -3.66. The molecule has 0 unspecified atom stereocenters. The predicted molar refractivity (Wildman–Crippen MR) is 131 cm³/mol. The van der Waals surface area contributed by atoms with Crippen LogP contribution >= 0.6 is 0 Å². The summed E-state index contributed by atoms with van der Waals surface area (Å²) >= 11 is 0. The van der Waals surface area contributed by atoms with E-state index in [1.807, 2.05) is 61.5 Å². The van der Waals surface area contributed by atoms with Gasteiger partial charge in [-0.2, -0.15) is 0 Å². The van der Waals surface area contributed by atoms with Crippen molar-refractivity contribution in [2.75, 3.05) is 25.7 Å². The molecule has 3 aromatic carbocycles. The number of nitrogen functional groups attached to an aromatic ring is 2. The molecule has 0 aromatic heterocycles. The lowest BCUT2D eigenvalue weighted by Crippen LogP contribution is -2.09. The van der Waals surface area contributed by atoms with E-state index < -0.39 is 0 Å². The Balaban J connectivity index is 2.13. The predicted octanol–water partition coefficient (Wildman–Crippen LogP) is 6.14. The molecule has 0 aliphatic rings. The Morgan fingerprint density at radius 3 is 1.97 bits per heavy atom. The van der Waals surface area contributed by atoms with Crippen LogP contribution < -0.4 is 20.9 Å². The molecular formula is C27H30N2O2. The minimum atomic E-state index is -0.114. The van der Waals surface area contributed by atoms with Crippen molar-refractivity contribution in [3.8, 4) is 11.5 Å². The zero-order chi connectivity index (χ0) is 22.4. The summed E-state index contributed by atoms with van der Waals surface area (Å²) < 4.78 is 10.9. The Labute approximate surface area is 184 Å². The second kappa shape index (κ2) is 9.90. The summed E-state index contributed by atoms with van der Waals surface area (Å²) in [6, 6.07) is 19.7. The summed E-state index contributed by atoms with van der Waals surface area (Å²) in [5, 5.41) is 0. The Bertz CT molecular complexity index is 1050. The lowest BCUT2D eigenvalue weighted by Gasteiger charge is -2.24. The van der Waals surface area contributed by atoms with E-state index in [0.717, 1.165) is 39.3 Å². The lowest BCUT2D eigenvalue weighted by atomic mass is 9.82. The molecule has 0 aliphatic heterocycles. The lowest BCUT2D eigenvalue weighted by molar-refractivity contribution is 0.413. The van der Waals surface area contributed by atoms with E-state index in [9.17, 15) is 0 Å². The minimum Gasteiger partial charge on any atom is -0.497 e. The molecule has 3 aromatic rings. The first-order chi connectivity index (χ1) is 15.0. The first-order valence-corrected chi connectivity index (χ1v) is 10.2. The highest BCUT2D eigenvalue weighted by atomic mass is 16.5. The van der Waals surface area contributed by atoms with Crippen molar-refractivity contribution in [2.24, 2.45) is 0 Å². The second-order valence-corrected chi connectivity index (χ2v) is 7.44. The molecule has 0 saturated carbocycles. The third-order valence-electron chi connectivity index (χ3n) is 5.48. The van der Waals surface area contributed by atoms with Gasteiger partial charge >= 0.3 is 0 Å². The molecule has 0 radical (unpaired) electrons. The summed E-state index contributed by atoms with van der Waals surface area (Å²) in [4.78, 5) is 0. The van der Waals surface area contributed by atoms with Crippen LogP contribution in [0.4, 0.5) is 11.4 Å². The van der Waals surface area contributed by atoms with E-state index in [1.54, 1.807) is 14.2 Å². The fourth-order valence-corrected chi connectivity index (χ4v) is 3.85. The van der Waals surface area contributed by atoms with Crippen LogP contribution in [0.2, 0.25) is 0 Å². The monoisotopic (exact) mass is 414 g/mol. The molecule has 0 fully saturated rings. The van der Waals surface area contributed by atoms with E-state index >= 15 is 0 Å². The van der Waals surface area contributed by atoms with Crippen LogP contribution in [0.25, 0.3) is 11.6 Å². The zero-order valence-electron chi connectivity index (χ0n) is 18.4. The number of hydrogen-bond acceptors (Lipinski definition) is 4. The fourth-order valence-electron chi connectivity index (χ4n) is 3.85. The normalized spacial score (nSPS) is 11.1. The van der Waals surface area contributed by atoms with Crippen molar-refractivity contribution in [2.45, 2.75) is 19.3 Å². The summed E-state index contributed by atoms with van der Waals surface area (Å²) in [5.41, 5.74) is 19.4. The van der Waals surface area contributed by atoms with Gasteiger partial charge in [0.1, 0.15) is 11.5 Å². The van der Waals surface area contributed by atoms with Gasteiger partial charge in [0.15, 0.2) is 0 Å². The molecule has 0 heterocycles. The van der Waals surface area contributed by atoms with Crippen molar-refractivity contribution in [3.05, 3.63) is 95.6 Å². The summed E-state index contributed by atoms with van der Waals surface area (Å²) in [6.07, 6.45) is 4.77. The zero-order valence-corrected chi connectivity index (χ0v) is 18.4. The van der Waals surface area contributed by atoms with Gasteiger partial charge < -0.3 is 20.9 Å². The van der Waals surface area contributed by atoms with Crippen LogP contribution in [0.3, 0.4) is 0 Å². The molecular weight excluding hydrogens is 384 g/mol. The molecule has 0 bridgehead atoms. The molecule has 160 valence electrons. The topological polar surface area (TPSA) is 70.5 Å². The van der Waals surface area contributed by atoms with Crippen LogP contribution in [-0.4, -0.2) is 14.2 Å².